The predicted octanol–water partition coefficient (Wildman–Crippen LogP) is 3.76. The Morgan fingerprint density at radius 1 is 1.28 bits per heavy atom. The van der Waals surface area contributed by atoms with E-state index in [1.54, 1.807) is 0 Å². The van der Waals surface area contributed by atoms with E-state index in [2.05, 4.69) is 54.4 Å². The van der Waals surface area contributed by atoms with Crippen molar-refractivity contribution in [2.24, 2.45) is 11.3 Å². The Morgan fingerprint density at radius 3 is 2.76 bits per heavy atom. The summed E-state index contributed by atoms with van der Waals surface area (Å²) in [7, 11) is 0. The number of aliphatic hydroxyl groups is 1. The standard InChI is InChI=1S/C21H32N2O2/c1-21(2,12-7-13-24)15-22-20(25)23-14-18(16-8-4-3-5-9-16)17-10-6-11-19(17)23/h3-5,8-9,17-19,24H,6-7,10-15H2,1-2H3,(H,22,25). The first-order chi connectivity index (χ1) is 12.0. The summed E-state index contributed by atoms with van der Waals surface area (Å²) in [5.74, 6) is 1.08. The van der Waals surface area contributed by atoms with Gasteiger partial charge in [-0.05, 0) is 42.6 Å². The summed E-state index contributed by atoms with van der Waals surface area (Å²) < 4.78 is 0. The number of carbonyl (C=O) groups excluding carboxylic acids is 1. The Labute approximate surface area is 151 Å². The van der Waals surface area contributed by atoms with Gasteiger partial charge in [0, 0.05) is 31.7 Å². The number of benzene rings is 1. The van der Waals surface area contributed by atoms with E-state index in [1.807, 2.05) is 0 Å². The normalized spacial score (nSPS) is 25.9. The van der Waals surface area contributed by atoms with Crippen LogP contribution in [0.15, 0.2) is 30.3 Å². The quantitative estimate of drug-likeness (QED) is 0.825. The molecule has 1 aromatic rings. The topological polar surface area (TPSA) is 52.6 Å². The van der Waals surface area contributed by atoms with E-state index in [9.17, 15) is 4.79 Å². The molecule has 1 saturated carbocycles. The molecule has 2 aliphatic rings. The van der Waals surface area contributed by atoms with Crippen LogP contribution in [0.25, 0.3) is 0 Å². The first kappa shape index (κ1) is 18.2. The fraction of sp³-hybridized carbons (Fsp3) is 0.667. The molecule has 3 atom stereocenters. The largest absolute Gasteiger partial charge is 0.396 e. The van der Waals surface area contributed by atoms with E-state index < -0.39 is 0 Å². The van der Waals surface area contributed by atoms with Gasteiger partial charge in [-0.15, -0.1) is 0 Å². The van der Waals surface area contributed by atoms with Gasteiger partial charge in [0.1, 0.15) is 0 Å². The smallest absolute Gasteiger partial charge is 0.317 e. The number of rotatable bonds is 6. The molecule has 0 bridgehead atoms. The average molecular weight is 344 g/mol. The lowest BCUT2D eigenvalue weighted by molar-refractivity contribution is 0.180. The van der Waals surface area contributed by atoms with Crippen LogP contribution in [0.1, 0.15) is 57.4 Å². The zero-order valence-electron chi connectivity index (χ0n) is 15.6. The summed E-state index contributed by atoms with van der Waals surface area (Å²) in [4.78, 5) is 14.9. The zero-order chi connectivity index (χ0) is 17.9. The van der Waals surface area contributed by atoms with Crippen molar-refractivity contribution in [3.8, 4) is 0 Å². The lowest BCUT2D eigenvalue weighted by atomic mass is 9.87. The minimum Gasteiger partial charge on any atom is -0.396 e. The van der Waals surface area contributed by atoms with Gasteiger partial charge in [-0.25, -0.2) is 4.79 Å². The van der Waals surface area contributed by atoms with Crippen LogP contribution in [0.3, 0.4) is 0 Å². The first-order valence-electron chi connectivity index (χ1n) is 9.72. The van der Waals surface area contributed by atoms with Crippen LogP contribution in [-0.4, -0.2) is 41.8 Å². The number of hydrogen-bond donors (Lipinski definition) is 2. The van der Waals surface area contributed by atoms with E-state index >= 15 is 0 Å². The van der Waals surface area contributed by atoms with Gasteiger partial charge in [0.25, 0.3) is 0 Å². The monoisotopic (exact) mass is 344 g/mol. The molecular formula is C21H32N2O2. The summed E-state index contributed by atoms with van der Waals surface area (Å²) in [6.07, 6.45) is 5.30. The molecule has 3 unspecified atom stereocenters. The van der Waals surface area contributed by atoms with Crippen LogP contribution in [0.5, 0.6) is 0 Å². The second-order valence-electron chi connectivity index (χ2n) is 8.48. The molecule has 25 heavy (non-hydrogen) atoms. The number of urea groups is 1. The first-order valence-corrected chi connectivity index (χ1v) is 9.72. The highest BCUT2D eigenvalue weighted by molar-refractivity contribution is 5.75. The van der Waals surface area contributed by atoms with Crippen LogP contribution in [0.2, 0.25) is 0 Å². The van der Waals surface area contributed by atoms with Gasteiger partial charge < -0.3 is 15.3 Å². The molecule has 0 aromatic heterocycles. The van der Waals surface area contributed by atoms with E-state index in [-0.39, 0.29) is 18.1 Å². The Morgan fingerprint density at radius 2 is 2.04 bits per heavy atom. The summed E-state index contributed by atoms with van der Waals surface area (Å²) in [6.45, 7) is 6.01. The molecule has 1 aromatic carbocycles. The van der Waals surface area contributed by atoms with Crippen LogP contribution in [-0.2, 0) is 0 Å². The van der Waals surface area contributed by atoms with Crippen molar-refractivity contribution in [2.45, 2.75) is 57.9 Å². The van der Waals surface area contributed by atoms with Gasteiger partial charge in [-0.3, -0.25) is 0 Å². The van der Waals surface area contributed by atoms with Crippen LogP contribution < -0.4 is 5.32 Å². The zero-order valence-corrected chi connectivity index (χ0v) is 15.6. The Balaban J connectivity index is 1.63. The summed E-state index contributed by atoms with van der Waals surface area (Å²) in [5, 5.41) is 12.2. The van der Waals surface area contributed by atoms with E-state index in [4.69, 9.17) is 5.11 Å². The number of likely N-dealkylation sites (tertiary alicyclic amines) is 1. The van der Waals surface area contributed by atoms with Gasteiger partial charge in [0.15, 0.2) is 0 Å². The highest BCUT2D eigenvalue weighted by atomic mass is 16.3. The molecule has 2 fully saturated rings. The van der Waals surface area contributed by atoms with Crippen molar-refractivity contribution >= 4 is 6.03 Å². The maximum Gasteiger partial charge on any atom is 0.317 e. The Kier molecular flexibility index (Phi) is 5.67. The van der Waals surface area contributed by atoms with E-state index in [0.717, 1.165) is 25.8 Å². The SMILES string of the molecule is CC(C)(CCCO)CNC(=O)N1CC(c2ccccc2)C2CCCC21. The average Bonchev–Trinajstić information content (AvgIpc) is 3.21. The number of carbonyl (C=O) groups is 1. The van der Waals surface area contributed by atoms with Crippen LogP contribution >= 0.6 is 0 Å². The highest BCUT2D eigenvalue weighted by Gasteiger charge is 2.46. The maximum absolute atomic E-state index is 12.9. The molecule has 3 rings (SSSR count). The second kappa shape index (κ2) is 7.77. The number of aliphatic hydroxyl groups excluding tert-OH is 1. The Bertz CT molecular complexity index is 573. The number of nitrogens with one attached hydrogen (secondary N) is 1. The third-order valence-electron chi connectivity index (χ3n) is 6.06. The third-order valence-corrected chi connectivity index (χ3v) is 6.06. The maximum atomic E-state index is 12.9. The van der Waals surface area contributed by atoms with Crippen molar-refractivity contribution < 1.29 is 9.90 Å². The summed E-state index contributed by atoms with van der Waals surface area (Å²) in [6, 6.07) is 11.2. The van der Waals surface area contributed by atoms with Gasteiger partial charge in [0.2, 0.25) is 0 Å². The molecular weight excluding hydrogens is 312 g/mol. The Hall–Kier alpha value is -1.55. The molecule has 138 valence electrons. The number of amides is 2. The predicted molar refractivity (Wildman–Crippen MR) is 101 cm³/mol. The van der Waals surface area contributed by atoms with E-state index in [0.29, 0.717) is 24.4 Å². The fourth-order valence-corrected chi connectivity index (χ4v) is 4.66. The summed E-state index contributed by atoms with van der Waals surface area (Å²) in [5.41, 5.74) is 1.39. The molecule has 1 saturated heterocycles. The van der Waals surface area contributed by atoms with Crippen molar-refractivity contribution in [1.29, 1.82) is 0 Å². The molecule has 1 aliphatic carbocycles. The molecule has 4 nitrogen and oxygen atoms in total. The van der Waals surface area contributed by atoms with Gasteiger partial charge in [-0.2, -0.15) is 0 Å². The number of nitrogens with zero attached hydrogens (tertiary/aromatic N) is 1. The minimum absolute atomic E-state index is 0.0199. The van der Waals surface area contributed by atoms with Crippen molar-refractivity contribution in [3.63, 3.8) is 0 Å². The molecule has 0 radical (unpaired) electrons. The minimum atomic E-state index is 0.0199. The fourth-order valence-electron chi connectivity index (χ4n) is 4.66. The van der Waals surface area contributed by atoms with Gasteiger partial charge in [-0.1, -0.05) is 50.6 Å². The summed E-state index contributed by atoms with van der Waals surface area (Å²) >= 11 is 0. The van der Waals surface area contributed by atoms with Crippen molar-refractivity contribution in [3.05, 3.63) is 35.9 Å². The molecule has 4 heteroatoms. The lowest BCUT2D eigenvalue weighted by Gasteiger charge is -2.29. The number of hydrogen-bond acceptors (Lipinski definition) is 2. The van der Waals surface area contributed by atoms with Crippen molar-refractivity contribution in [1.82, 2.24) is 10.2 Å². The van der Waals surface area contributed by atoms with Gasteiger partial charge in [0.05, 0.1) is 0 Å². The van der Waals surface area contributed by atoms with Crippen LogP contribution in [0.4, 0.5) is 4.79 Å². The van der Waals surface area contributed by atoms with E-state index in [1.165, 1.54) is 18.4 Å². The van der Waals surface area contributed by atoms with Gasteiger partial charge >= 0.3 is 6.03 Å². The molecule has 1 aliphatic heterocycles. The number of fused-ring (bicyclic) bond motifs is 1. The second-order valence-corrected chi connectivity index (χ2v) is 8.48. The lowest BCUT2D eigenvalue weighted by Crippen LogP contribution is -2.46. The highest BCUT2D eigenvalue weighted by Crippen LogP contribution is 2.46. The molecule has 0 spiro atoms. The van der Waals surface area contributed by atoms with Crippen molar-refractivity contribution in [2.75, 3.05) is 19.7 Å². The molecule has 1 heterocycles. The molecule has 2 amide bonds. The molecule has 2 N–H and O–H groups in total. The van der Waals surface area contributed by atoms with Crippen LogP contribution in [0, 0.1) is 11.3 Å². The third kappa shape index (κ3) is 4.17.